The number of allylic oxidation sites excluding steroid dienone is 1. The molecule has 0 saturated carbocycles. The van der Waals surface area contributed by atoms with Crippen LogP contribution in [0.25, 0.3) is 5.69 Å². The number of ether oxygens (including phenoxy) is 2. The third-order valence-electron chi connectivity index (χ3n) is 4.92. The van der Waals surface area contributed by atoms with E-state index in [2.05, 4.69) is 12.3 Å². The van der Waals surface area contributed by atoms with E-state index in [0.29, 0.717) is 40.3 Å². The van der Waals surface area contributed by atoms with E-state index in [0.717, 1.165) is 11.3 Å². The molecule has 1 amide bonds. The number of rotatable bonds is 10. The molecule has 0 atom stereocenters. The van der Waals surface area contributed by atoms with Crippen molar-refractivity contribution < 1.29 is 14.3 Å². The predicted octanol–water partition coefficient (Wildman–Crippen LogP) is 6.61. The number of aromatic nitrogens is 1. The number of halogens is 1. The van der Waals surface area contributed by atoms with Gasteiger partial charge in [0.1, 0.15) is 11.5 Å². The molecule has 0 spiro atoms. The minimum absolute atomic E-state index is 0.0479. The summed E-state index contributed by atoms with van der Waals surface area (Å²) in [6.07, 6.45) is 10.3. The second kappa shape index (κ2) is 14.9. The van der Waals surface area contributed by atoms with Gasteiger partial charge in [-0.15, -0.1) is 24.1 Å². The van der Waals surface area contributed by atoms with Gasteiger partial charge in [-0.25, -0.2) is 0 Å². The maximum absolute atomic E-state index is 13.7. The van der Waals surface area contributed by atoms with Gasteiger partial charge in [-0.1, -0.05) is 29.8 Å². The first kappa shape index (κ1) is 28.0. The van der Waals surface area contributed by atoms with Crippen LogP contribution in [0.2, 0.25) is 0 Å². The average molecular weight is 511 g/mol. The summed E-state index contributed by atoms with van der Waals surface area (Å²) in [6.45, 7) is 4.50. The number of thioether (sulfide) groups is 1. The van der Waals surface area contributed by atoms with Crippen LogP contribution in [0.1, 0.15) is 29.8 Å². The molecule has 35 heavy (non-hydrogen) atoms. The highest BCUT2D eigenvalue weighted by Crippen LogP contribution is 2.26. The minimum atomic E-state index is -0.0479. The lowest BCUT2D eigenvalue weighted by Gasteiger charge is -2.24. The summed E-state index contributed by atoms with van der Waals surface area (Å²) in [5.74, 6) is 4.26. The van der Waals surface area contributed by atoms with Crippen LogP contribution in [-0.2, 0) is 6.54 Å². The largest absolute Gasteiger partial charge is 0.497 e. The lowest BCUT2D eigenvalue weighted by atomic mass is 10.1. The van der Waals surface area contributed by atoms with Gasteiger partial charge in [-0.3, -0.25) is 4.79 Å². The molecule has 1 aromatic heterocycles. The summed E-state index contributed by atoms with van der Waals surface area (Å²) in [5.41, 5.74) is 2.41. The average Bonchev–Trinajstić information content (AvgIpc) is 3.42. The number of nitrogens with zero attached hydrogens (tertiary/aromatic N) is 2. The van der Waals surface area contributed by atoms with E-state index >= 15 is 0 Å². The number of methoxy groups -OCH3 is 2. The Labute approximate surface area is 217 Å². The van der Waals surface area contributed by atoms with Crippen molar-refractivity contribution in [1.82, 2.24) is 9.47 Å². The number of hydrogen-bond acceptors (Lipinski definition) is 4. The smallest absolute Gasteiger partial charge is 0.256 e. The second-order valence-corrected chi connectivity index (χ2v) is 9.05. The molecule has 3 rings (SSSR count). The van der Waals surface area contributed by atoms with E-state index < -0.39 is 0 Å². The van der Waals surface area contributed by atoms with Crippen LogP contribution < -0.4 is 9.47 Å². The quantitative estimate of drug-likeness (QED) is 0.288. The number of terminal acetylenes is 1. The topological polar surface area (TPSA) is 43.7 Å². The van der Waals surface area contributed by atoms with Gasteiger partial charge in [0.25, 0.3) is 5.91 Å². The lowest BCUT2D eigenvalue weighted by Crippen LogP contribution is -2.33. The normalized spacial score (nSPS) is 10.6. The molecule has 0 bridgehead atoms. The van der Waals surface area contributed by atoms with E-state index in [1.165, 1.54) is 11.8 Å². The second-order valence-electron chi connectivity index (χ2n) is 7.29. The molecule has 5 nitrogen and oxygen atoms in total. The van der Waals surface area contributed by atoms with Crippen LogP contribution in [0, 0.1) is 12.3 Å². The molecule has 0 saturated heterocycles. The summed E-state index contributed by atoms with van der Waals surface area (Å²) in [4.78, 5) is 15.5. The van der Waals surface area contributed by atoms with Crippen molar-refractivity contribution >= 4 is 29.3 Å². The molecule has 1 heterocycles. The van der Waals surface area contributed by atoms with Crippen molar-refractivity contribution in [3.8, 4) is 29.5 Å². The van der Waals surface area contributed by atoms with Gasteiger partial charge >= 0.3 is 0 Å². The van der Waals surface area contributed by atoms with Crippen molar-refractivity contribution in [2.75, 3.05) is 26.5 Å². The fourth-order valence-corrected chi connectivity index (χ4v) is 4.22. The molecule has 0 aliphatic rings. The van der Waals surface area contributed by atoms with Crippen LogP contribution in [0.3, 0.4) is 0 Å². The molecular formula is C28H31ClN2O3S. The first-order chi connectivity index (χ1) is 17.0. The first-order valence-corrected chi connectivity index (χ1v) is 12.4. The first-order valence-electron chi connectivity index (χ1n) is 11.0. The van der Waals surface area contributed by atoms with Gasteiger partial charge < -0.3 is 18.9 Å². The molecule has 0 aliphatic heterocycles. The zero-order valence-electron chi connectivity index (χ0n) is 20.5. The van der Waals surface area contributed by atoms with E-state index in [1.54, 1.807) is 21.1 Å². The molecule has 0 unspecified atom stereocenters. The number of para-hydroxylation sites is 1. The van der Waals surface area contributed by atoms with Crippen LogP contribution in [0.15, 0.2) is 77.4 Å². The monoisotopic (exact) mass is 510 g/mol. The number of hydrogen-bond donors (Lipinski definition) is 0. The number of carbonyl (C=O) groups excluding carboxylic acids is 1. The molecular weight excluding hydrogens is 480 g/mol. The summed E-state index contributed by atoms with van der Waals surface area (Å²) >= 11 is 7.68. The van der Waals surface area contributed by atoms with Gasteiger partial charge in [0, 0.05) is 37.3 Å². The standard InChI is InChI=1S/C25H27ClN2O3S.C3H4/c1-4-24(26)32-14-13-28(18-19-15-20(30-2)17-21(16-19)31-3)25(29)22-9-5-6-10-23(22)27-11-7-8-12-27;1-3-2/h4-12,15-17H,13-14,18H2,1-3H3;1H,2H3/b24-4-;. The Balaban J connectivity index is 0.00000137. The predicted molar refractivity (Wildman–Crippen MR) is 147 cm³/mol. The van der Waals surface area contributed by atoms with Gasteiger partial charge in [-0.05, 0) is 55.8 Å². The van der Waals surface area contributed by atoms with Gasteiger partial charge in [0.15, 0.2) is 0 Å². The third kappa shape index (κ3) is 8.47. The van der Waals surface area contributed by atoms with E-state index in [1.807, 2.05) is 89.5 Å². The maximum atomic E-state index is 13.7. The SMILES string of the molecule is C#CC.C/C=C(/Cl)SCCN(Cc1cc(OC)cc(OC)c1)C(=O)c1ccccc1-n1cccc1. The van der Waals surface area contributed by atoms with Crippen molar-refractivity contribution in [2.24, 2.45) is 0 Å². The molecule has 2 aromatic carbocycles. The molecule has 184 valence electrons. The Bertz CT molecular complexity index is 1130. The van der Waals surface area contributed by atoms with Crippen LogP contribution in [0.5, 0.6) is 11.5 Å². The molecule has 0 fully saturated rings. The van der Waals surface area contributed by atoms with Gasteiger partial charge in [-0.2, -0.15) is 0 Å². The number of carbonyl (C=O) groups is 1. The van der Waals surface area contributed by atoms with E-state index in [9.17, 15) is 4.79 Å². The fourth-order valence-electron chi connectivity index (χ4n) is 3.31. The third-order valence-corrected chi connectivity index (χ3v) is 6.36. The summed E-state index contributed by atoms with van der Waals surface area (Å²) in [7, 11) is 3.23. The minimum Gasteiger partial charge on any atom is -0.497 e. The van der Waals surface area contributed by atoms with Crippen LogP contribution in [-0.4, -0.2) is 41.9 Å². The zero-order chi connectivity index (χ0) is 25.6. The highest BCUT2D eigenvalue weighted by molar-refractivity contribution is 8.04. The lowest BCUT2D eigenvalue weighted by molar-refractivity contribution is 0.0754. The Kier molecular flexibility index (Phi) is 11.9. The number of amides is 1. The van der Waals surface area contributed by atoms with Crippen molar-refractivity contribution in [3.05, 3.63) is 88.6 Å². The summed E-state index contributed by atoms with van der Waals surface area (Å²) in [5, 5.41) is 0. The van der Waals surface area contributed by atoms with E-state index in [-0.39, 0.29) is 5.91 Å². The van der Waals surface area contributed by atoms with Crippen LogP contribution in [0.4, 0.5) is 0 Å². The molecule has 0 aliphatic carbocycles. The summed E-state index contributed by atoms with van der Waals surface area (Å²) in [6, 6.07) is 17.2. The number of benzene rings is 2. The molecule has 3 aromatic rings. The fraction of sp³-hybridized carbons (Fsp3) is 0.250. The zero-order valence-corrected chi connectivity index (χ0v) is 22.1. The Morgan fingerprint density at radius 3 is 2.29 bits per heavy atom. The van der Waals surface area contributed by atoms with Crippen molar-refractivity contribution in [1.29, 1.82) is 0 Å². The van der Waals surface area contributed by atoms with Crippen molar-refractivity contribution in [3.63, 3.8) is 0 Å². The van der Waals surface area contributed by atoms with E-state index in [4.69, 9.17) is 21.1 Å². The van der Waals surface area contributed by atoms with Gasteiger partial charge in [0.2, 0.25) is 0 Å². The Hall–Kier alpha value is -3.27. The Morgan fingerprint density at radius 2 is 1.71 bits per heavy atom. The molecule has 0 radical (unpaired) electrons. The Morgan fingerprint density at radius 1 is 1.11 bits per heavy atom. The molecule has 7 heteroatoms. The highest BCUT2D eigenvalue weighted by Gasteiger charge is 2.20. The summed E-state index contributed by atoms with van der Waals surface area (Å²) < 4.78 is 13.5. The highest BCUT2D eigenvalue weighted by atomic mass is 35.5. The van der Waals surface area contributed by atoms with Crippen LogP contribution >= 0.6 is 23.4 Å². The van der Waals surface area contributed by atoms with Gasteiger partial charge in [0.05, 0.1) is 29.8 Å². The van der Waals surface area contributed by atoms with Crippen molar-refractivity contribution in [2.45, 2.75) is 20.4 Å². The molecule has 0 N–H and O–H groups in total. The maximum Gasteiger partial charge on any atom is 0.256 e.